The predicted molar refractivity (Wildman–Crippen MR) is 73.7 cm³/mol. The van der Waals surface area contributed by atoms with E-state index in [4.69, 9.17) is 5.11 Å². The van der Waals surface area contributed by atoms with Gasteiger partial charge in [-0.3, -0.25) is 9.36 Å². The smallest absolute Gasteiger partial charge is 0.313 e. The third kappa shape index (κ3) is 3.32. The first-order valence-electron chi connectivity index (χ1n) is 5.80. The molecule has 0 radical (unpaired) electrons. The summed E-state index contributed by atoms with van der Waals surface area (Å²) >= 11 is 2.82. The summed E-state index contributed by atoms with van der Waals surface area (Å²) in [6.07, 6.45) is 4.46. The summed E-state index contributed by atoms with van der Waals surface area (Å²) in [7, 11) is 0. The lowest BCUT2D eigenvalue weighted by Crippen LogP contribution is -2.08. The maximum absolute atomic E-state index is 10.6. The first kappa shape index (κ1) is 14.0. The van der Waals surface area contributed by atoms with E-state index in [0.29, 0.717) is 5.16 Å². The van der Waals surface area contributed by atoms with Gasteiger partial charge in [-0.2, -0.15) is 0 Å². The number of rotatable bonds is 6. The highest BCUT2D eigenvalue weighted by Gasteiger charge is 2.17. The fourth-order valence-electron chi connectivity index (χ4n) is 1.53. The van der Waals surface area contributed by atoms with E-state index >= 15 is 0 Å². The van der Waals surface area contributed by atoms with E-state index in [-0.39, 0.29) is 11.8 Å². The normalized spacial score (nSPS) is 12.5. The van der Waals surface area contributed by atoms with Crippen LogP contribution in [0.2, 0.25) is 0 Å². The van der Waals surface area contributed by atoms with Crippen molar-refractivity contribution >= 4 is 29.1 Å². The lowest BCUT2D eigenvalue weighted by Gasteiger charge is -2.11. The monoisotopic (exact) mass is 298 g/mol. The molecule has 19 heavy (non-hydrogen) atoms. The van der Waals surface area contributed by atoms with Crippen LogP contribution >= 0.6 is 23.1 Å². The Hall–Kier alpha value is -1.41. The van der Waals surface area contributed by atoms with Crippen molar-refractivity contribution in [2.24, 2.45) is 0 Å². The van der Waals surface area contributed by atoms with Gasteiger partial charge in [-0.1, -0.05) is 18.7 Å². The molecule has 2 aromatic heterocycles. The van der Waals surface area contributed by atoms with Crippen molar-refractivity contribution in [1.29, 1.82) is 0 Å². The molecule has 0 fully saturated rings. The molecule has 6 nitrogen and oxygen atoms in total. The van der Waals surface area contributed by atoms with Gasteiger partial charge in [-0.05, 0) is 13.3 Å². The molecule has 0 aliphatic heterocycles. The zero-order valence-electron chi connectivity index (χ0n) is 10.6. The van der Waals surface area contributed by atoms with Crippen molar-refractivity contribution in [2.45, 2.75) is 31.5 Å². The predicted octanol–water partition coefficient (Wildman–Crippen LogP) is 2.08. The molecule has 1 unspecified atom stereocenters. The van der Waals surface area contributed by atoms with Gasteiger partial charge >= 0.3 is 5.97 Å². The molecule has 0 aliphatic carbocycles. The minimum Gasteiger partial charge on any atom is -0.481 e. The molecule has 0 amide bonds. The highest BCUT2D eigenvalue weighted by molar-refractivity contribution is 7.99. The summed E-state index contributed by atoms with van der Waals surface area (Å²) in [6, 6.07) is 0.0107. The number of aryl methyl sites for hydroxylation is 1. The number of carboxylic acid groups (broad SMARTS) is 1. The molecule has 0 spiro atoms. The lowest BCUT2D eigenvalue weighted by molar-refractivity contribution is -0.133. The molecule has 0 saturated heterocycles. The Morgan fingerprint density at radius 1 is 1.63 bits per heavy atom. The van der Waals surface area contributed by atoms with Crippen LogP contribution in [0.1, 0.15) is 29.8 Å². The first-order valence-corrected chi connectivity index (χ1v) is 7.60. The van der Waals surface area contributed by atoms with Crippen molar-refractivity contribution < 1.29 is 9.90 Å². The zero-order chi connectivity index (χ0) is 13.8. The molecule has 8 heteroatoms. The Bertz CT molecular complexity index is 567. The molecule has 0 aromatic carbocycles. The standard InChI is InChI=1S/C11H14N4O2S2/c1-3-8-4-12-10(19-8)7(2)15-6-13-14-11(15)18-5-9(16)17/h4,6-7H,3,5H2,1-2H3,(H,16,17). The molecule has 1 atom stereocenters. The van der Waals surface area contributed by atoms with Crippen molar-refractivity contribution in [1.82, 2.24) is 19.7 Å². The average Bonchev–Trinajstić information content (AvgIpc) is 3.04. The van der Waals surface area contributed by atoms with Crippen LogP contribution in [0.15, 0.2) is 17.7 Å². The average molecular weight is 298 g/mol. The van der Waals surface area contributed by atoms with Crippen LogP contribution in [-0.2, 0) is 11.2 Å². The minimum atomic E-state index is -0.866. The minimum absolute atomic E-state index is 0.0107. The third-order valence-corrected chi connectivity index (χ3v) is 4.81. The molecule has 102 valence electrons. The number of thioether (sulfide) groups is 1. The van der Waals surface area contributed by atoms with Gasteiger partial charge < -0.3 is 5.11 Å². The van der Waals surface area contributed by atoms with E-state index in [1.807, 2.05) is 17.7 Å². The zero-order valence-corrected chi connectivity index (χ0v) is 12.2. The highest BCUT2D eigenvalue weighted by atomic mass is 32.2. The Labute approximate surface area is 118 Å². The molecule has 0 bridgehead atoms. The number of aliphatic carboxylic acids is 1. The summed E-state index contributed by atoms with van der Waals surface area (Å²) in [4.78, 5) is 16.2. The van der Waals surface area contributed by atoms with Crippen molar-refractivity contribution in [3.05, 3.63) is 22.4 Å². The quantitative estimate of drug-likeness (QED) is 0.822. The molecule has 2 heterocycles. The number of hydrogen-bond donors (Lipinski definition) is 1. The van der Waals surface area contributed by atoms with Gasteiger partial charge in [0.2, 0.25) is 0 Å². The number of thiazole rings is 1. The van der Waals surface area contributed by atoms with Crippen LogP contribution < -0.4 is 0 Å². The Balaban J connectivity index is 2.16. The second kappa shape index (κ2) is 6.16. The third-order valence-electron chi connectivity index (χ3n) is 2.56. The van der Waals surface area contributed by atoms with E-state index in [1.54, 1.807) is 17.7 Å². The molecule has 0 saturated carbocycles. The maximum atomic E-state index is 10.6. The molecule has 2 rings (SSSR count). The second-order valence-electron chi connectivity index (χ2n) is 3.90. The highest BCUT2D eigenvalue weighted by Crippen LogP contribution is 2.27. The number of carbonyl (C=O) groups is 1. The van der Waals surface area contributed by atoms with Crippen LogP contribution in [0.5, 0.6) is 0 Å². The van der Waals surface area contributed by atoms with Crippen molar-refractivity contribution in [3.8, 4) is 0 Å². The van der Waals surface area contributed by atoms with Gasteiger partial charge in [0.1, 0.15) is 11.3 Å². The largest absolute Gasteiger partial charge is 0.481 e. The summed E-state index contributed by atoms with van der Waals surface area (Å²) in [6.45, 7) is 4.10. The molecule has 2 aromatic rings. The van der Waals surface area contributed by atoms with Gasteiger partial charge in [0.15, 0.2) is 5.16 Å². The summed E-state index contributed by atoms with van der Waals surface area (Å²) < 4.78 is 1.85. The number of nitrogens with zero attached hydrogens (tertiary/aromatic N) is 4. The van der Waals surface area contributed by atoms with Crippen LogP contribution in [0, 0.1) is 0 Å². The van der Waals surface area contributed by atoms with Gasteiger partial charge in [0.25, 0.3) is 0 Å². The van der Waals surface area contributed by atoms with E-state index < -0.39 is 5.97 Å². The number of aromatic nitrogens is 4. The van der Waals surface area contributed by atoms with Crippen LogP contribution in [0.4, 0.5) is 0 Å². The molecule has 0 aliphatic rings. The molecular weight excluding hydrogens is 284 g/mol. The van der Waals surface area contributed by atoms with Gasteiger partial charge in [0.05, 0.1) is 11.8 Å². The Morgan fingerprint density at radius 3 is 3.05 bits per heavy atom. The van der Waals surface area contributed by atoms with Gasteiger partial charge in [-0.25, -0.2) is 4.98 Å². The van der Waals surface area contributed by atoms with Crippen LogP contribution in [0.3, 0.4) is 0 Å². The van der Waals surface area contributed by atoms with Gasteiger partial charge in [0, 0.05) is 11.1 Å². The van der Waals surface area contributed by atoms with E-state index in [1.165, 1.54) is 4.88 Å². The van der Waals surface area contributed by atoms with E-state index in [2.05, 4.69) is 22.1 Å². The van der Waals surface area contributed by atoms with Gasteiger partial charge in [-0.15, -0.1) is 21.5 Å². The van der Waals surface area contributed by atoms with E-state index in [9.17, 15) is 4.79 Å². The van der Waals surface area contributed by atoms with Crippen LogP contribution in [0.25, 0.3) is 0 Å². The lowest BCUT2D eigenvalue weighted by atomic mass is 10.3. The summed E-state index contributed by atoms with van der Waals surface area (Å²) in [5, 5.41) is 18.1. The number of carboxylic acids is 1. The first-order chi connectivity index (χ1) is 9.11. The number of hydrogen-bond acceptors (Lipinski definition) is 6. The summed E-state index contributed by atoms with van der Waals surface area (Å²) in [5.41, 5.74) is 0. The maximum Gasteiger partial charge on any atom is 0.313 e. The fourth-order valence-corrected chi connectivity index (χ4v) is 3.15. The second-order valence-corrected chi connectivity index (χ2v) is 5.99. The SMILES string of the molecule is CCc1cnc(C(C)n2cnnc2SCC(=O)O)s1. The fraction of sp³-hybridized carbons (Fsp3) is 0.455. The topological polar surface area (TPSA) is 80.9 Å². The molecule has 1 N–H and O–H groups in total. The Morgan fingerprint density at radius 2 is 2.42 bits per heavy atom. The van der Waals surface area contributed by atoms with Crippen LogP contribution in [-0.4, -0.2) is 36.6 Å². The van der Waals surface area contributed by atoms with Crippen molar-refractivity contribution in [2.75, 3.05) is 5.75 Å². The van der Waals surface area contributed by atoms with Crippen molar-refractivity contribution in [3.63, 3.8) is 0 Å². The summed E-state index contributed by atoms with van der Waals surface area (Å²) in [5.74, 6) is -0.890. The molecular formula is C11H14N4O2S2. The Kier molecular flexibility index (Phi) is 4.54. The van der Waals surface area contributed by atoms with E-state index in [0.717, 1.165) is 23.2 Å².